The first-order valence-corrected chi connectivity index (χ1v) is 13.4. The van der Waals surface area contributed by atoms with Crippen molar-refractivity contribution in [2.24, 2.45) is 11.8 Å². The summed E-state index contributed by atoms with van der Waals surface area (Å²) in [5, 5.41) is 14.3. The smallest absolute Gasteiger partial charge is 0.406 e. The van der Waals surface area contributed by atoms with E-state index < -0.39 is 30.5 Å². The largest absolute Gasteiger partial charge is 0.477 e. The standard InChI is InChI=1S/C25H23F3N4O3S2/c1-14-3-5-15(6-4-14)23(33)31(13-25(26,27)28)17-12-20(37-22(17)24(34)35)19-8-7-18(36-19)16-11-21-29-9-2-10-32(21)30-16/h2,7-12,14-15H,3-6,13H2,1H3,(H,34,35)/t14-,15-. The van der Waals surface area contributed by atoms with Gasteiger partial charge >= 0.3 is 12.1 Å². The Morgan fingerprint density at radius 3 is 2.51 bits per heavy atom. The monoisotopic (exact) mass is 548 g/mol. The molecule has 0 aromatic carbocycles. The number of amides is 1. The molecule has 0 unspecified atom stereocenters. The molecule has 4 aromatic rings. The second-order valence-electron chi connectivity index (χ2n) is 9.24. The number of aromatic nitrogens is 3. The molecule has 1 saturated carbocycles. The van der Waals surface area contributed by atoms with Gasteiger partial charge in [-0.3, -0.25) is 4.79 Å². The lowest BCUT2D eigenvalue weighted by atomic mass is 9.82. The Balaban J connectivity index is 1.50. The number of thiophene rings is 2. The SMILES string of the molecule is C[C@H]1CC[C@H](C(=O)N(CC(F)(F)F)c2cc(-c3ccc(-c4cc5ncccn5n4)s3)sc2C(=O)O)CC1. The molecular weight excluding hydrogens is 525 g/mol. The van der Waals surface area contributed by atoms with E-state index in [0.29, 0.717) is 44.8 Å². The summed E-state index contributed by atoms with van der Waals surface area (Å²) in [4.78, 5) is 31.9. The van der Waals surface area contributed by atoms with Crippen molar-refractivity contribution < 1.29 is 27.9 Å². The van der Waals surface area contributed by atoms with E-state index in [-0.39, 0.29) is 10.6 Å². The number of aromatic carboxylic acids is 1. The molecule has 0 radical (unpaired) electrons. The third kappa shape index (κ3) is 5.40. The summed E-state index contributed by atoms with van der Waals surface area (Å²) in [6.07, 6.45) is 1.25. The van der Waals surface area contributed by atoms with E-state index in [1.807, 2.05) is 12.1 Å². The van der Waals surface area contributed by atoms with Crippen LogP contribution in [-0.2, 0) is 4.79 Å². The molecule has 4 aromatic heterocycles. The molecule has 4 heterocycles. The van der Waals surface area contributed by atoms with Crippen molar-refractivity contribution in [3.8, 4) is 20.3 Å². The molecule has 0 bridgehead atoms. The van der Waals surface area contributed by atoms with Gasteiger partial charge in [0.1, 0.15) is 17.1 Å². The topological polar surface area (TPSA) is 87.8 Å². The van der Waals surface area contributed by atoms with Crippen LogP contribution >= 0.6 is 22.7 Å². The van der Waals surface area contributed by atoms with Gasteiger partial charge in [0.2, 0.25) is 5.91 Å². The predicted molar refractivity (Wildman–Crippen MR) is 136 cm³/mol. The third-order valence-electron chi connectivity index (χ3n) is 6.50. The summed E-state index contributed by atoms with van der Waals surface area (Å²) in [5.74, 6) is -2.17. The fraction of sp³-hybridized carbons (Fsp3) is 0.360. The van der Waals surface area contributed by atoms with Crippen LogP contribution in [0.15, 0.2) is 42.7 Å². The van der Waals surface area contributed by atoms with Crippen LogP contribution in [0.3, 0.4) is 0 Å². The molecule has 1 fully saturated rings. The number of carboxylic acid groups (broad SMARTS) is 1. The predicted octanol–water partition coefficient (Wildman–Crippen LogP) is 6.61. The first kappa shape index (κ1) is 25.4. The number of hydrogen-bond acceptors (Lipinski definition) is 6. The Bertz CT molecular complexity index is 1420. The zero-order chi connectivity index (χ0) is 26.3. The van der Waals surface area contributed by atoms with Gasteiger partial charge in [0.25, 0.3) is 0 Å². The minimum atomic E-state index is -4.68. The normalized spacial score (nSPS) is 18.3. The lowest BCUT2D eigenvalue weighted by Gasteiger charge is -2.31. The number of carbonyl (C=O) groups excluding carboxylic acids is 1. The van der Waals surface area contributed by atoms with Crippen LogP contribution < -0.4 is 4.90 Å². The molecule has 0 atom stereocenters. The molecule has 37 heavy (non-hydrogen) atoms. The van der Waals surface area contributed by atoms with Crippen molar-refractivity contribution in [1.29, 1.82) is 0 Å². The number of anilines is 1. The second-order valence-corrected chi connectivity index (χ2v) is 11.4. The molecule has 7 nitrogen and oxygen atoms in total. The van der Waals surface area contributed by atoms with Gasteiger partial charge in [-0.25, -0.2) is 14.3 Å². The van der Waals surface area contributed by atoms with E-state index in [2.05, 4.69) is 17.0 Å². The van der Waals surface area contributed by atoms with Crippen molar-refractivity contribution in [1.82, 2.24) is 14.6 Å². The molecule has 0 spiro atoms. The first-order chi connectivity index (χ1) is 17.6. The molecule has 0 saturated heterocycles. The maximum absolute atomic E-state index is 13.6. The van der Waals surface area contributed by atoms with Gasteiger partial charge in [-0.1, -0.05) is 6.92 Å². The minimum Gasteiger partial charge on any atom is -0.477 e. The summed E-state index contributed by atoms with van der Waals surface area (Å²) < 4.78 is 42.3. The molecule has 194 valence electrons. The van der Waals surface area contributed by atoms with E-state index in [1.54, 1.807) is 29.0 Å². The Hall–Kier alpha value is -3.25. The van der Waals surface area contributed by atoms with Crippen LogP contribution in [0.2, 0.25) is 0 Å². The van der Waals surface area contributed by atoms with E-state index in [1.165, 1.54) is 17.4 Å². The fourth-order valence-corrected chi connectivity index (χ4v) is 6.65. The van der Waals surface area contributed by atoms with Gasteiger partial charge in [0.15, 0.2) is 5.65 Å². The average molecular weight is 549 g/mol. The van der Waals surface area contributed by atoms with Crippen LogP contribution in [0, 0.1) is 11.8 Å². The highest BCUT2D eigenvalue weighted by atomic mass is 32.1. The van der Waals surface area contributed by atoms with E-state index in [0.717, 1.165) is 29.1 Å². The maximum atomic E-state index is 13.6. The molecule has 1 aliphatic carbocycles. The Labute approximate surface area is 218 Å². The minimum absolute atomic E-state index is 0.208. The maximum Gasteiger partial charge on any atom is 0.406 e. The Morgan fingerprint density at radius 1 is 1.11 bits per heavy atom. The van der Waals surface area contributed by atoms with Gasteiger partial charge in [0, 0.05) is 34.1 Å². The summed E-state index contributed by atoms with van der Waals surface area (Å²) in [6, 6.07) is 8.56. The Morgan fingerprint density at radius 2 is 1.84 bits per heavy atom. The number of nitrogens with zero attached hydrogens (tertiary/aromatic N) is 4. The fourth-order valence-electron chi connectivity index (χ4n) is 4.60. The number of hydrogen-bond donors (Lipinski definition) is 1. The number of carbonyl (C=O) groups is 2. The zero-order valence-electron chi connectivity index (χ0n) is 19.7. The quantitative estimate of drug-likeness (QED) is 0.293. The molecule has 5 rings (SSSR count). The summed E-state index contributed by atoms with van der Waals surface area (Å²) in [5.41, 5.74) is 1.13. The van der Waals surface area contributed by atoms with Gasteiger partial charge in [-0.2, -0.15) is 18.3 Å². The second kappa shape index (κ2) is 9.90. The number of rotatable bonds is 6. The van der Waals surface area contributed by atoms with E-state index in [4.69, 9.17) is 0 Å². The number of carboxylic acids is 1. The molecule has 0 aliphatic heterocycles. The van der Waals surface area contributed by atoms with Crippen LogP contribution in [0.4, 0.5) is 18.9 Å². The van der Waals surface area contributed by atoms with Gasteiger partial charge in [-0.15, -0.1) is 22.7 Å². The highest BCUT2D eigenvalue weighted by Gasteiger charge is 2.39. The third-order valence-corrected chi connectivity index (χ3v) is 8.92. The van der Waals surface area contributed by atoms with E-state index in [9.17, 15) is 27.9 Å². The van der Waals surface area contributed by atoms with Gasteiger partial charge in [0.05, 0.1) is 10.6 Å². The van der Waals surface area contributed by atoms with Crippen LogP contribution in [-0.4, -0.2) is 44.3 Å². The number of alkyl halides is 3. The van der Waals surface area contributed by atoms with Crippen LogP contribution in [0.1, 0.15) is 42.3 Å². The average Bonchev–Trinajstić information content (AvgIpc) is 3.59. The highest BCUT2D eigenvalue weighted by Crippen LogP contribution is 2.43. The van der Waals surface area contributed by atoms with Crippen LogP contribution in [0.5, 0.6) is 0 Å². The number of fused-ring (bicyclic) bond motifs is 1. The molecule has 12 heteroatoms. The Kier molecular flexibility index (Phi) is 6.80. The molecule has 1 aliphatic rings. The molecule has 1 N–H and O–H groups in total. The van der Waals surface area contributed by atoms with E-state index >= 15 is 0 Å². The van der Waals surface area contributed by atoms with Crippen molar-refractivity contribution in [2.45, 2.75) is 38.8 Å². The van der Waals surface area contributed by atoms with Crippen LogP contribution in [0.25, 0.3) is 26.0 Å². The highest BCUT2D eigenvalue weighted by molar-refractivity contribution is 7.24. The summed E-state index contributed by atoms with van der Waals surface area (Å²) in [7, 11) is 0. The van der Waals surface area contributed by atoms with Gasteiger partial charge < -0.3 is 10.0 Å². The summed E-state index contributed by atoms with van der Waals surface area (Å²) >= 11 is 2.20. The zero-order valence-corrected chi connectivity index (χ0v) is 21.4. The lowest BCUT2D eigenvalue weighted by Crippen LogP contribution is -2.43. The van der Waals surface area contributed by atoms with Crippen molar-refractivity contribution >= 4 is 45.9 Å². The molecule has 1 amide bonds. The van der Waals surface area contributed by atoms with Crippen molar-refractivity contribution in [3.05, 3.63) is 47.6 Å². The lowest BCUT2D eigenvalue weighted by molar-refractivity contribution is -0.135. The van der Waals surface area contributed by atoms with Gasteiger partial charge in [-0.05, 0) is 55.9 Å². The summed E-state index contributed by atoms with van der Waals surface area (Å²) in [6.45, 7) is 0.526. The first-order valence-electron chi connectivity index (χ1n) is 11.8. The number of halogens is 3. The van der Waals surface area contributed by atoms with Crippen molar-refractivity contribution in [2.75, 3.05) is 11.4 Å². The molecular formula is C25H23F3N4O3S2. The van der Waals surface area contributed by atoms with Crippen molar-refractivity contribution in [3.63, 3.8) is 0 Å².